The van der Waals surface area contributed by atoms with Gasteiger partial charge < -0.3 is 5.11 Å². The van der Waals surface area contributed by atoms with Gasteiger partial charge in [0.15, 0.2) is 5.65 Å². The van der Waals surface area contributed by atoms with Gasteiger partial charge in [0.1, 0.15) is 5.56 Å². The molecule has 1 aliphatic carbocycles. The summed E-state index contributed by atoms with van der Waals surface area (Å²) < 4.78 is 1.55. The fourth-order valence-electron chi connectivity index (χ4n) is 3.84. The zero-order valence-electron chi connectivity index (χ0n) is 15.2. The van der Waals surface area contributed by atoms with E-state index in [1.807, 2.05) is 24.5 Å². The van der Waals surface area contributed by atoms with Gasteiger partial charge in [0.2, 0.25) is 0 Å². The summed E-state index contributed by atoms with van der Waals surface area (Å²) in [6.07, 6.45) is 13.1. The van der Waals surface area contributed by atoms with Gasteiger partial charge in [0.05, 0.1) is 11.9 Å². The first-order valence-corrected chi connectivity index (χ1v) is 9.40. The van der Waals surface area contributed by atoms with Gasteiger partial charge in [0.25, 0.3) is 0 Å². The van der Waals surface area contributed by atoms with Crippen molar-refractivity contribution in [3.8, 4) is 0 Å². The van der Waals surface area contributed by atoms with E-state index in [4.69, 9.17) is 0 Å². The Morgan fingerprint density at radius 3 is 2.74 bits per heavy atom. The van der Waals surface area contributed by atoms with E-state index in [1.54, 1.807) is 10.7 Å². The van der Waals surface area contributed by atoms with Gasteiger partial charge in [-0.2, -0.15) is 5.10 Å². The Labute approximate surface area is 157 Å². The van der Waals surface area contributed by atoms with Crippen molar-refractivity contribution in [2.75, 3.05) is 0 Å². The fraction of sp³-hybridized carbons (Fsp3) is 0.400. The summed E-state index contributed by atoms with van der Waals surface area (Å²) in [5.41, 5.74) is 2.58. The van der Waals surface area contributed by atoms with Gasteiger partial charge in [-0.1, -0.05) is 25.3 Å². The van der Waals surface area contributed by atoms with E-state index in [0.717, 1.165) is 24.3 Å². The summed E-state index contributed by atoms with van der Waals surface area (Å²) in [4.78, 5) is 22.5. The Morgan fingerprint density at radius 2 is 2.00 bits per heavy atom. The smallest absolute Gasteiger partial charge is 0.341 e. The van der Waals surface area contributed by atoms with Crippen LogP contribution in [0.1, 0.15) is 53.7 Å². The average Bonchev–Trinajstić information content (AvgIpc) is 3.12. The number of aromatic nitrogens is 4. The summed E-state index contributed by atoms with van der Waals surface area (Å²) in [6.45, 7) is 1.54. The summed E-state index contributed by atoms with van der Waals surface area (Å²) in [5, 5.41) is 13.4. The van der Waals surface area contributed by atoms with Crippen LogP contribution in [0.15, 0.2) is 43.0 Å². The van der Waals surface area contributed by atoms with Crippen molar-refractivity contribution in [3.63, 3.8) is 0 Å². The van der Waals surface area contributed by atoms with Gasteiger partial charge in [-0.15, -0.1) is 0 Å². The Bertz CT molecular complexity index is 919. The topological polar surface area (TPSA) is 83.6 Å². The molecule has 1 fully saturated rings. The molecule has 1 N–H and O–H groups in total. The second-order valence-electron chi connectivity index (χ2n) is 7.11. The molecule has 3 aromatic rings. The van der Waals surface area contributed by atoms with Crippen LogP contribution in [0.4, 0.5) is 0 Å². The van der Waals surface area contributed by atoms with Gasteiger partial charge in [0, 0.05) is 43.3 Å². The number of carboxylic acids is 1. The van der Waals surface area contributed by atoms with Crippen molar-refractivity contribution < 1.29 is 9.90 Å². The Balaban J connectivity index is 1.58. The van der Waals surface area contributed by atoms with E-state index in [0.29, 0.717) is 11.7 Å². The van der Waals surface area contributed by atoms with Crippen LogP contribution in [0.25, 0.3) is 5.65 Å². The molecule has 0 aromatic carbocycles. The molecule has 7 heteroatoms. The van der Waals surface area contributed by atoms with E-state index in [2.05, 4.69) is 26.0 Å². The highest BCUT2D eigenvalue weighted by molar-refractivity contribution is 5.93. The number of carboxylic acid groups (broad SMARTS) is 1. The second-order valence-corrected chi connectivity index (χ2v) is 7.11. The molecule has 1 saturated carbocycles. The van der Waals surface area contributed by atoms with Crippen LogP contribution in [0.3, 0.4) is 0 Å². The minimum absolute atomic E-state index is 0.124. The third-order valence-corrected chi connectivity index (χ3v) is 5.21. The highest BCUT2D eigenvalue weighted by Crippen LogP contribution is 2.25. The average molecular weight is 365 g/mol. The number of pyridine rings is 1. The van der Waals surface area contributed by atoms with E-state index in [1.165, 1.54) is 38.3 Å². The van der Waals surface area contributed by atoms with Gasteiger partial charge in [-0.05, 0) is 25.0 Å². The van der Waals surface area contributed by atoms with Gasteiger partial charge >= 0.3 is 5.97 Å². The molecule has 0 radical (unpaired) electrons. The van der Waals surface area contributed by atoms with Crippen molar-refractivity contribution >= 4 is 11.6 Å². The maximum Gasteiger partial charge on any atom is 0.341 e. The first-order chi connectivity index (χ1) is 13.2. The number of nitrogens with zero attached hydrogens (tertiary/aromatic N) is 5. The Hall–Kier alpha value is -2.80. The lowest BCUT2D eigenvalue weighted by Crippen LogP contribution is -2.36. The van der Waals surface area contributed by atoms with Gasteiger partial charge in [-0.3, -0.25) is 9.88 Å². The van der Waals surface area contributed by atoms with E-state index in [9.17, 15) is 9.90 Å². The minimum atomic E-state index is -1.01. The van der Waals surface area contributed by atoms with E-state index >= 15 is 0 Å². The molecule has 27 heavy (non-hydrogen) atoms. The lowest BCUT2D eigenvalue weighted by molar-refractivity contribution is 0.0698. The molecule has 4 rings (SSSR count). The number of carbonyl (C=O) groups is 1. The molecular formula is C20H23N5O2. The van der Waals surface area contributed by atoms with Gasteiger partial charge in [-0.25, -0.2) is 14.3 Å². The Morgan fingerprint density at radius 1 is 1.15 bits per heavy atom. The molecule has 3 heterocycles. The molecular weight excluding hydrogens is 342 g/mol. The predicted octanol–water partition coefficient (Wildman–Crippen LogP) is 3.16. The van der Waals surface area contributed by atoms with Crippen LogP contribution in [0.5, 0.6) is 0 Å². The second kappa shape index (κ2) is 7.84. The third kappa shape index (κ3) is 3.98. The number of rotatable bonds is 6. The van der Waals surface area contributed by atoms with Crippen molar-refractivity contribution in [2.24, 2.45) is 0 Å². The highest BCUT2D eigenvalue weighted by atomic mass is 16.4. The summed E-state index contributed by atoms with van der Waals surface area (Å²) in [5.74, 6) is -1.01. The van der Waals surface area contributed by atoms with Crippen LogP contribution in [-0.2, 0) is 13.1 Å². The lowest BCUT2D eigenvalue weighted by atomic mass is 9.93. The van der Waals surface area contributed by atoms with Crippen LogP contribution in [0.2, 0.25) is 0 Å². The maximum atomic E-state index is 11.2. The SMILES string of the molecule is O=C(O)c1cnn2cc(CN(Cc3ccccn3)C3CCCCC3)cnc12. The molecule has 3 aromatic heterocycles. The fourth-order valence-corrected chi connectivity index (χ4v) is 3.84. The van der Waals surface area contributed by atoms with Crippen LogP contribution in [-0.4, -0.2) is 41.6 Å². The van der Waals surface area contributed by atoms with Crippen LogP contribution in [0, 0.1) is 0 Å². The van der Waals surface area contributed by atoms with Crippen molar-refractivity contribution in [3.05, 3.63) is 59.8 Å². The van der Waals surface area contributed by atoms with E-state index in [-0.39, 0.29) is 5.56 Å². The molecule has 0 aliphatic heterocycles. The number of fused-ring (bicyclic) bond motifs is 1. The number of hydrogen-bond acceptors (Lipinski definition) is 5. The normalized spacial score (nSPS) is 15.4. The molecule has 0 unspecified atom stereocenters. The molecule has 0 amide bonds. The molecule has 0 spiro atoms. The molecule has 0 bridgehead atoms. The summed E-state index contributed by atoms with van der Waals surface area (Å²) in [7, 11) is 0. The molecule has 0 atom stereocenters. The zero-order valence-corrected chi connectivity index (χ0v) is 15.2. The number of aromatic carboxylic acids is 1. The van der Waals surface area contributed by atoms with Crippen LogP contribution >= 0.6 is 0 Å². The summed E-state index contributed by atoms with van der Waals surface area (Å²) >= 11 is 0. The van der Waals surface area contributed by atoms with Crippen molar-refractivity contribution in [1.29, 1.82) is 0 Å². The molecule has 7 nitrogen and oxygen atoms in total. The highest BCUT2D eigenvalue weighted by Gasteiger charge is 2.22. The number of hydrogen-bond donors (Lipinski definition) is 1. The molecule has 140 valence electrons. The first kappa shape index (κ1) is 17.6. The zero-order chi connectivity index (χ0) is 18.6. The first-order valence-electron chi connectivity index (χ1n) is 9.40. The largest absolute Gasteiger partial charge is 0.477 e. The Kier molecular flexibility index (Phi) is 5.11. The predicted molar refractivity (Wildman–Crippen MR) is 100 cm³/mol. The van der Waals surface area contributed by atoms with Crippen LogP contribution < -0.4 is 0 Å². The standard InChI is InChI=1S/C20H23N5O2/c26-20(27)18-11-23-25-13-15(10-22-19(18)25)12-24(17-7-2-1-3-8-17)14-16-6-4-5-9-21-16/h4-6,9-11,13,17H,1-3,7-8,12,14H2,(H,26,27). The molecule has 0 saturated heterocycles. The monoisotopic (exact) mass is 365 g/mol. The van der Waals surface area contributed by atoms with E-state index < -0.39 is 5.97 Å². The minimum Gasteiger partial charge on any atom is -0.477 e. The quantitative estimate of drug-likeness (QED) is 0.722. The third-order valence-electron chi connectivity index (χ3n) is 5.21. The van der Waals surface area contributed by atoms with Crippen molar-refractivity contribution in [1.82, 2.24) is 24.5 Å². The lowest BCUT2D eigenvalue weighted by Gasteiger charge is -2.34. The summed E-state index contributed by atoms with van der Waals surface area (Å²) in [6, 6.07) is 6.55. The maximum absolute atomic E-state index is 11.2. The molecule has 1 aliphatic rings. The van der Waals surface area contributed by atoms with Crippen molar-refractivity contribution in [2.45, 2.75) is 51.2 Å².